The Balaban J connectivity index is 2.27. The minimum atomic E-state index is 0.748. The number of hydrogen-bond donors (Lipinski definition) is 2. The van der Waals surface area contributed by atoms with E-state index in [1.54, 1.807) is 11.3 Å². The number of aryl methyl sites for hydroxylation is 1. The van der Waals surface area contributed by atoms with Crippen LogP contribution < -0.4 is 10.6 Å². The highest BCUT2D eigenvalue weighted by Crippen LogP contribution is 2.12. The molecule has 0 aliphatic carbocycles. The summed E-state index contributed by atoms with van der Waals surface area (Å²) in [6.07, 6.45) is 1.10. The zero-order valence-corrected chi connectivity index (χ0v) is 10.2. The number of thiophene rings is 1. The van der Waals surface area contributed by atoms with Crippen molar-refractivity contribution in [2.75, 3.05) is 6.54 Å². The second-order valence-electron chi connectivity index (χ2n) is 3.19. The lowest BCUT2D eigenvalue weighted by atomic mass is 10.2. The van der Waals surface area contributed by atoms with Crippen molar-refractivity contribution < 1.29 is 0 Å². The quantitative estimate of drug-likeness (QED) is 0.774. The molecular formula is C10H16N2S2. The Morgan fingerprint density at radius 3 is 2.79 bits per heavy atom. The van der Waals surface area contributed by atoms with Gasteiger partial charge in [0.05, 0.1) is 0 Å². The molecule has 4 heteroatoms. The van der Waals surface area contributed by atoms with E-state index in [4.69, 9.17) is 12.2 Å². The molecule has 0 aliphatic heterocycles. The van der Waals surface area contributed by atoms with Crippen LogP contribution in [0.4, 0.5) is 0 Å². The average Bonchev–Trinajstić information content (AvgIpc) is 2.58. The standard InChI is InChI=1S/C10H16N2S2/c1-3-4-11-10(13)12-5-9-7-14-6-8(9)2/h6-7H,3-5H2,1-2H3,(H2,11,12,13). The van der Waals surface area contributed by atoms with Crippen LogP contribution in [0, 0.1) is 6.92 Å². The van der Waals surface area contributed by atoms with Gasteiger partial charge in [-0.1, -0.05) is 6.92 Å². The lowest BCUT2D eigenvalue weighted by molar-refractivity contribution is 0.799. The summed E-state index contributed by atoms with van der Waals surface area (Å²) in [6.45, 7) is 6.01. The van der Waals surface area contributed by atoms with Gasteiger partial charge in [0.1, 0.15) is 0 Å². The van der Waals surface area contributed by atoms with Gasteiger partial charge in [0.25, 0.3) is 0 Å². The first-order chi connectivity index (χ1) is 6.74. The van der Waals surface area contributed by atoms with Crippen LogP contribution in [0.3, 0.4) is 0 Å². The van der Waals surface area contributed by atoms with Gasteiger partial charge in [-0.3, -0.25) is 0 Å². The number of rotatable bonds is 4. The van der Waals surface area contributed by atoms with Crippen molar-refractivity contribution in [3.05, 3.63) is 21.9 Å². The van der Waals surface area contributed by atoms with Gasteiger partial charge in [-0.25, -0.2) is 0 Å². The van der Waals surface area contributed by atoms with Gasteiger partial charge < -0.3 is 10.6 Å². The van der Waals surface area contributed by atoms with Crippen molar-refractivity contribution in [2.45, 2.75) is 26.8 Å². The molecule has 0 bridgehead atoms. The number of nitrogens with one attached hydrogen (secondary N) is 2. The molecule has 2 N–H and O–H groups in total. The van der Waals surface area contributed by atoms with E-state index >= 15 is 0 Å². The van der Waals surface area contributed by atoms with Crippen LogP contribution in [0.1, 0.15) is 24.5 Å². The maximum atomic E-state index is 5.12. The molecule has 1 aromatic rings. The Morgan fingerprint density at radius 2 is 2.21 bits per heavy atom. The van der Waals surface area contributed by atoms with Crippen molar-refractivity contribution in [3.8, 4) is 0 Å². The van der Waals surface area contributed by atoms with E-state index in [1.807, 2.05) is 0 Å². The molecule has 0 saturated carbocycles. The van der Waals surface area contributed by atoms with Crippen molar-refractivity contribution in [1.82, 2.24) is 10.6 Å². The third kappa shape index (κ3) is 3.64. The van der Waals surface area contributed by atoms with E-state index in [1.165, 1.54) is 11.1 Å². The summed E-state index contributed by atoms with van der Waals surface area (Å²) in [5.74, 6) is 0. The van der Waals surface area contributed by atoms with Gasteiger partial charge in [-0.2, -0.15) is 11.3 Å². The van der Waals surface area contributed by atoms with Gasteiger partial charge in [0.2, 0.25) is 0 Å². The first-order valence-corrected chi connectivity index (χ1v) is 6.12. The average molecular weight is 228 g/mol. The minimum absolute atomic E-state index is 0.748. The van der Waals surface area contributed by atoms with E-state index in [9.17, 15) is 0 Å². The lowest BCUT2D eigenvalue weighted by Gasteiger charge is -2.09. The van der Waals surface area contributed by atoms with Crippen LogP contribution >= 0.6 is 23.6 Å². The zero-order valence-electron chi connectivity index (χ0n) is 8.59. The highest BCUT2D eigenvalue weighted by atomic mass is 32.1. The Morgan fingerprint density at radius 1 is 1.43 bits per heavy atom. The Kier molecular flexibility index (Phi) is 4.90. The van der Waals surface area contributed by atoms with E-state index in [2.05, 4.69) is 35.2 Å². The minimum Gasteiger partial charge on any atom is -0.363 e. The molecule has 0 unspecified atom stereocenters. The van der Waals surface area contributed by atoms with E-state index in [-0.39, 0.29) is 0 Å². The van der Waals surface area contributed by atoms with Gasteiger partial charge in [0, 0.05) is 13.1 Å². The van der Waals surface area contributed by atoms with E-state index < -0.39 is 0 Å². The van der Waals surface area contributed by atoms with Crippen LogP contribution in [0.15, 0.2) is 10.8 Å². The maximum absolute atomic E-state index is 5.12. The summed E-state index contributed by atoms with van der Waals surface area (Å²) in [5.41, 5.74) is 2.66. The highest BCUT2D eigenvalue weighted by molar-refractivity contribution is 7.80. The lowest BCUT2D eigenvalue weighted by Crippen LogP contribution is -2.35. The highest BCUT2D eigenvalue weighted by Gasteiger charge is 1.99. The first kappa shape index (κ1) is 11.5. The van der Waals surface area contributed by atoms with Crippen LogP contribution in [0.2, 0.25) is 0 Å². The summed E-state index contributed by atoms with van der Waals surface area (Å²) >= 11 is 6.85. The maximum Gasteiger partial charge on any atom is 0.166 e. The molecular weight excluding hydrogens is 212 g/mol. The summed E-state index contributed by atoms with van der Waals surface area (Å²) < 4.78 is 0. The second kappa shape index (κ2) is 5.98. The zero-order chi connectivity index (χ0) is 10.4. The molecule has 1 aromatic heterocycles. The molecule has 0 amide bonds. The Labute approximate surface area is 94.7 Å². The summed E-state index contributed by atoms with van der Waals surface area (Å²) in [6, 6.07) is 0. The molecule has 0 fully saturated rings. The van der Waals surface area contributed by atoms with Crippen molar-refractivity contribution >= 4 is 28.7 Å². The van der Waals surface area contributed by atoms with E-state index in [0.717, 1.165) is 24.6 Å². The summed E-state index contributed by atoms with van der Waals surface area (Å²) in [5, 5.41) is 11.4. The molecule has 0 spiro atoms. The van der Waals surface area contributed by atoms with Crippen molar-refractivity contribution in [3.63, 3.8) is 0 Å². The summed E-state index contributed by atoms with van der Waals surface area (Å²) in [7, 11) is 0. The first-order valence-electron chi connectivity index (χ1n) is 4.77. The van der Waals surface area contributed by atoms with Gasteiger partial charge in [0.15, 0.2) is 5.11 Å². The smallest absolute Gasteiger partial charge is 0.166 e. The largest absolute Gasteiger partial charge is 0.363 e. The number of hydrogen-bond acceptors (Lipinski definition) is 2. The fourth-order valence-electron chi connectivity index (χ4n) is 1.04. The predicted molar refractivity (Wildman–Crippen MR) is 66.8 cm³/mol. The van der Waals surface area contributed by atoms with Gasteiger partial charge in [-0.15, -0.1) is 0 Å². The fraction of sp³-hybridized carbons (Fsp3) is 0.500. The molecule has 0 aromatic carbocycles. The third-order valence-corrected chi connectivity index (χ3v) is 3.14. The molecule has 14 heavy (non-hydrogen) atoms. The van der Waals surface area contributed by atoms with Gasteiger partial charge in [-0.05, 0) is 47.4 Å². The van der Waals surface area contributed by atoms with Gasteiger partial charge >= 0.3 is 0 Å². The molecule has 0 atom stereocenters. The monoisotopic (exact) mass is 228 g/mol. The second-order valence-corrected chi connectivity index (χ2v) is 4.34. The Hall–Kier alpha value is -0.610. The molecule has 0 radical (unpaired) electrons. The van der Waals surface area contributed by atoms with Crippen LogP contribution in [-0.2, 0) is 6.54 Å². The predicted octanol–water partition coefficient (Wildman–Crippen LogP) is 2.43. The molecule has 0 saturated heterocycles. The fourth-order valence-corrected chi connectivity index (χ4v) is 2.08. The van der Waals surface area contributed by atoms with Crippen LogP contribution in [-0.4, -0.2) is 11.7 Å². The number of thiocarbonyl (C=S) groups is 1. The SMILES string of the molecule is CCCNC(=S)NCc1cscc1C. The van der Waals surface area contributed by atoms with Crippen LogP contribution in [0.5, 0.6) is 0 Å². The molecule has 2 nitrogen and oxygen atoms in total. The summed E-state index contributed by atoms with van der Waals surface area (Å²) in [4.78, 5) is 0. The van der Waals surface area contributed by atoms with Crippen molar-refractivity contribution in [1.29, 1.82) is 0 Å². The molecule has 0 aliphatic rings. The normalized spacial score (nSPS) is 9.86. The van der Waals surface area contributed by atoms with Crippen LogP contribution in [0.25, 0.3) is 0 Å². The third-order valence-electron chi connectivity index (χ3n) is 1.94. The molecule has 1 rings (SSSR count). The van der Waals surface area contributed by atoms with E-state index in [0.29, 0.717) is 0 Å². The topological polar surface area (TPSA) is 24.1 Å². The van der Waals surface area contributed by atoms with Crippen molar-refractivity contribution in [2.24, 2.45) is 0 Å². The Bertz CT molecular complexity index is 294. The molecule has 78 valence electrons. The molecule has 1 heterocycles.